The molecule has 2 atom stereocenters. The monoisotopic (exact) mass is 523 g/mol. The Bertz CT molecular complexity index is 1350. The van der Waals surface area contributed by atoms with Crippen LogP contribution in [0.3, 0.4) is 0 Å². The lowest BCUT2D eigenvalue weighted by molar-refractivity contribution is 0.146. The summed E-state index contributed by atoms with van der Waals surface area (Å²) in [6.07, 6.45) is 1.74. The Morgan fingerprint density at radius 3 is 2.64 bits per heavy atom. The predicted molar refractivity (Wildman–Crippen MR) is 141 cm³/mol. The Morgan fingerprint density at radius 1 is 1.08 bits per heavy atom. The molecular formula is C27H23ClFN3O3S. The maximum absolute atomic E-state index is 13.4. The second kappa shape index (κ2) is 10.7. The summed E-state index contributed by atoms with van der Waals surface area (Å²) in [5.74, 6) is 1.56. The average molecular weight is 524 g/mol. The van der Waals surface area contributed by atoms with Gasteiger partial charge in [-0.25, -0.2) is 4.39 Å². The molecule has 0 unspecified atom stereocenters. The van der Waals surface area contributed by atoms with E-state index in [4.69, 9.17) is 37.7 Å². The number of nitrogens with zero attached hydrogens (tertiary/aromatic N) is 2. The van der Waals surface area contributed by atoms with Crippen molar-refractivity contribution >= 4 is 34.6 Å². The summed E-state index contributed by atoms with van der Waals surface area (Å²) in [6.45, 7) is 0.850. The molecule has 0 saturated carbocycles. The summed E-state index contributed by atoms with van der Waals surface area (Å²) in [5, 5.41) is 4.36. The number of benzene rings is 2. The number of hydrogen-bond donors (Lipinski definition) is 1. The van der Waals surface area contributed by atoms with Gasteiger partial charge in [0.2, 0.25) is 0 Å². The zero-order valence-corrected chi connectivity index (χ0v) is 20.9. The number of nitrogens with one attached hydrogen (secondary N) is 1. The van der Waals surface area contributed by atoms with E-state index in [1.165, 1.54) is 12.1 Å². The molecular weight excluding hydrogens is 501 g/mol. The van der Waals surface area contributed by atoms with Gasteiger partial charge in [0.05, 0.1) is 23.4 Å². The van der Waals surface area contributed by atoms with Gasteiger partial charge >= 0.3 is 0 Å². The van der Waals surface area contributed by atoms with Gasteiger partial charge < -0.3 is 24.1 Å². The molecule has 5 rings (SSSR count). The summed E-state index contributed by atoms with van der Waals surface area (Å²) >= 11 is 12.3. The van der Waals surface area contributed by atoms with E-state index in [-0.39, 0.29) is 17.9 Å². The minimum Gasteiger partial charge on any atom is -0.490 e. The zero-order valence-electron chi connectivity index (χ0n) is 19.4. The number of aromatic nitrogens is 1. The van der Waals surface area contributed by atoms with E-state index >= 15 is 0 Å². The average Bonchev–Trinajstić information content (AvgIpc) is 3.51. The van der Waals surface area contributed by atoms with Gasteiger partial charge in [0.1, 0.15) is 35.7 Å². The third kappa shape index (κ3) is 4.93. The zero-order chi connectivity index (χ0) is 25.1. The summed E-state index contributed by atoms with van der Waals surface area (Å²) in [7, 11) is 1.61. The molecule has 2 aromatic carbocycles. The summed E-state index contributed by atoms with van der Waals surface area (Å²) in [5.41, 5.74) is 2.37. The minimum atomic E-state index is -0.349. The molecule has 36 heavy (non-hydrogen) atoms. The second-order valence-corrected chi connectivity index (χ2v) is 8.96. The topological polar surface area (TPSA) is 59.8 Å². The third-order valence-corrected chi connectivity index (χ3v) is 6.49. The van der Waals surface area contributed by atoms with Crippen LogP contribution >= 0.6 is 23.8 Å². The van der Waals surface area contributed by atoms with Crippen LogP contribution in [0.4, 0.5) is 10.1 Å². The van der Waals surface area contributed by atoms with Crippen LogP contribution in [0.5, 0.6) is 5.75 Å². The minimum absolute atomic E-state index is 0.276. The molecule has 1 saturated heterocycles. The van der Waals surface area contributed by atoms with Gasteiger partial charge in [-0.3, -0.25) is 4.98 Å². The fraction of sp³-hybridized carbons (Fsp3) is 0.185. The van der Waals surface area contributed by atoms with E-state index in [1.807, 2.05) is 53.4 Å². The molecule has 0 radical (unpaired) electrons. The summed E-state index contributed by atoms with van der Waals surface area (Å²) < 4.78 is 30.5. The van der Waals surface area contributed by atoms with Gasteiger partial charge in [0.25, 0.3) is 0 Å². The number of rotatable bonds is 8. The lowest BCUT2D eigenvalue weighted by atomic mass is 10.0. The van der Waals surface area contributed by atoms with Crippen molar-refractivity contribution in [1.82, 2.24) is 10.3 Å². The number of ether oxygens (including phenoxy) is 2. The Kier molecular flexibility index (Phi) is 7.18. The molecule has 3 heterocycles. The van der Waals surface area contributed by atoms with E-state index in [1.54, 1.807) is 25.4 Å². The largest absolute Gasteiger partial charge is 0.490 e. The third-order valence-electron chi connectivity index (χ3n) is 5.88. The van der Waals surface area contributed by atoms with Gasteiger partial charge in [0.15, 0.2) is 5.11 Å². The van der Waals surface area contributed by atoms with E-state index < -0.39 is 0 Å². The van der Waals surface area contributed by atoms with E-state index in [0.717, 1.165) is 16.9 Å². The van der Waals surface area contributed by atoms with Crippen LogP contribution in [0.15, 0.2) is 83.4 Å². The first-order chi connectivity index (χ1) is 17.5. The van der Waals surface area contributed by atoms with Crippen LogP contribution in [0, 0.1) is 5.82 Å². The van der Waals surface area contributed by atoms with Crippen LogP contribution in [-0.2, 0) is 4.74 Å². The van der Waals surface area contributed by atoms with Gasteiger partial charge in [-0.05, 0) is 78.9 Å². The molecule has 184 valence electrons. The van der Waals surface area contributed by atoms with Crippen molar-refractivity contribution < 1.29 is 18.3 Å². The van der Waals surface area contributed by atoms with Crippen LogP contribution in [0.25, 0.3) is 11.3 Å². The number of hydrogen-bond acceptors (Lipinski definition) is 5. The number of anilines is 1. The van der Waals surface area contributed by atoms with Gasteiger partial charge in [-0.2, -0.15) is 0 Å². The molecule has 0 amide bonds. The normalized spacial score (nSPS) is 17.3. The lowest BCUT2D eigenvalue weighted by Gasteiger charge is -2.26. The van der Waals surface area contributed by atoms with Crippen molar-refractivity contribution in [2.75, 3.05) is 25.2 Å². The smallest absolute Gasteiger partial charge is 0.174 e. The fourth-order valence-electron chi connectivity index (χ4n) is 4.19. The van der Waals surface area contributed by atoms with Crippen LogP contribution in [0.2, 0.25) is 5.02 Å². The molecule has 4 aromatic rings. The molecule has 0 spiro atoms. The van der Waals surface area contributed by atoms with Crippen molar-refractivity contribution in [2.45, 2.75) is 12.1 Å². The second-order valence-electron chi connectivity index (χ2n) is 8.16. The number of halogens is 2. The standard InChI is InChI=1S/C27H23ClFN3O3S/c1-33-14-15-34-23-10-9-19(16-20(23)28)32-26(25(31-27(32)36)21-4-2-3-13-30-21)24-12-11-22(35-24)17-5-7-18(29)8-6-17/h2-13,16,25-26H,14-15H2,1H3,(H,31,36)/t25-,26-/m1/s1. The van der Waals surface area contributed by atoms with E-state index in [9.17, 15) is 4.39 Å². The summed E-state index contributed by atoms with van der Waals surface area (Å²) in [4.78, 5) is 6.52. The molecule has 6 nitrogen and oxygen atoms in total. The molecule has 0 bridgehead atoms. The van der Waals surface area contributed by atoms with Crippen molar-refractivity contribution in [2.24, 2.45) is 0 Å². The SMILES string of the molecule is COCCOc1ccc(N2C(=S)N[C@H](c3ccccn3)[C@H]2c2ccc(-c3ccc(F)cc3)o2)cc1Cl. The Hall–Kier alpha value is -3.46. The highest BCUT2D eigenvalue weighted by Gasteiger charge is 2.42. The van der Waals surface area contributed by atoms with Crippen molar-refractivity contribution in [3.8, 4) is 17.1 Å². The Morgan fingerprint density at radius 2 is 1.92 bits per heavy atom. The number of methoxy groups -OCH3 is 1. The molecule has 1 aliphatic heterocycles. The van der Waals surface area contributed by atoms with Crippen molar-refractivity contribution in [1.29, 1.82) is 0 Å². The van der Waals surface area contributed by atoms with Crippen molar-refractivity contribution in [3.63, 3.8) is 0 Å². The maximum Gasteiger partial charge on any atom is 0.174 e. The molecule has 0 aliphatic carbocycles. The highest BCUT2D eigenvalue weighted by Crippen LogP contribution is 2.44. The highest BCUT2D eigenvalue weighted by molar-refractivity contribution is 7.80. The van der Waals surface area contributed by atoms with E-state index in [2.05, 4.69) is 10.3 Å². The van der Waals surface area contributed by atoms with Crippen LogP contribution < -0.4 is 15.0 Å². The highest BCUT2D eigenvalue weighted by atomic mass is 35.5. The first-order valence-electron chi connectivity index (χ1n) is 11.3. The van der Waals surface area contributed by atoms with Gasteiger partial charge in [-0.15, -0.1) is 0 Å². The lowest BCUT2D eigenvalue weighted by Crippen LogP contribution is -2.29. The maximum atomic E-state index is 13.4. The molecule has 1 aliphatic rings. The van der Waals surface area contributed by atoms with Gasteiger partial charge in [-0.1, -0.05) is 17.7 Å². The number of furan rings is 1. The quantitative estimate of drug-likeness (QED) is 0.214. The predicted octanol–water partition coefficient (Wildman–Crippen LogP) is 6.34. The van der Waals surface area contributed by atoms with Crippen LogP contribution in [-0.4, -0.2) is 30.4 Å². The first kappa shape index (κ1) is 24.2. The Balaban J connectivity index is 1.52. The van der Waals surface area contributed by atoms with Crippen molar-refractivity contribution in [3.05, 3.63) is 101 Å². The molecule has 9 heteroatoms. The van der Waals surface area contributed by atoms with Crippen LogP contribution in [0.1, 0.15) is 23.5 Å². The first-order valence-corrected chi connectivity index (χ1v) is 12.1. The molecule has 1 N–H and O–H groups in total. The molecule has 1 fully saturated rings. The Labute approximate surface area is 218 Å². The van der Waals surface area contributed by atoms with Gasteiger partial charge in [0, 0.05) is 24.6 Å². The summed E-state index contributed by atoms with van der Waals surface area (Å²) in [6, 6.07) is 20.6. The molecule has 2 aromatic heterocycles. The number of pyridine rings is 1. The van der Waals surface area contributed by atoms with E-state index in [0.29, 0.717) is 40.6 Å². The number of thiocarbonyl (C=S) groups is 1. The fourth-order valence-corrected chi connectivity index (χ4v) is 4.77.